The summed E-state index contributed by atoms with van der Waals surface area (Å²) in [6, 6.07) is 22.4. The van der Waals surface area contributed by atoms with Crippen molar-refractivity contribution in [3.63, 3.8) is 0 Å². The molecule has 1 atom stereocenters. The minimum Gasteiger partial charge on any atom is -0.354 e. The molecular formula is C36H42ClFN4O3. The number of nitrogens with zero attached hydrogens (tertiary/aromatic N) is 2. The van der Waals surface area contributed by atoms with Gasteiger partial charge >= 0.3 is 0 Å². The van der Waals surface area contributed by atoms with Crippen LogP contribution in [0.2, 0.25) is 5.02 Å². The van der Waals surface area contributed by atoms with Gasteiger partial charge in [0.25, 0.3) is 0 Å². The summed E-state index contributed by atoms with van der Waals surface area (Å²) in [5.41, 5.74) is 2.02. The normalized spacial score (nSPS) is 17.3. The van der Waals surface area contributed by atoms with Gasteiger partial charge in [-0.05, 0) is 47.7 Å². The van der Waals surface area contributed by atoms with Gasteiger partial charge in [-0.15, -0.1) is 0 Å². The highest BCUT2D eigenvalue weighted by Gasteiger charge is 2.40. The third-order valence-corrected chi connectivity index (χ3v) is 9.42. The Morgan fingerprint density at radius 2 is 1.44 bits per heavy atom. The lowest BCUT2D eigenvalue weighted by molar-refractivity contribution is -0.139. The number of hydrogen-bond donors (Lipinski definition) is 2. The monoisotopic (exact) mass is 632 g/mol. The average molecular weight is 633 g/mol. The molecule has 238 valence electrons. The third kappa shape index (κ3) is 8.92. The van der Waals surface area contributed by atoms with Crippen molar-refractivity contribution in [3.05, 3.63) is 106 Å². The number of carbonyl (C=O) groups excluding carboxylic acids is 3. The van der Waals surface area contributed by atoms with E-state index in [2.05, 4.69) is 15.5 Å². The second-order valence-corrected chi connectivity index (χ2v) is 12.7. The minimum atomic E-state index is -0.794. The Hall–Kier alpha value is -3.75. The van der Waals surface area contributed by atoms with Gasteiger partial charge in [0, 0.05) is 49.7 Å². The van der Waals surface area contributed by atoms with Crippen LogP contribution in [0.3, 0.4) is 0 Å². The lowest BCUT2D eigenvalue weighted by atomic mass is 9.79. The van der Waals surface area contributed by atoms with Gasteiger partial charge in [0.2, 0.25) is 17.7 Å². The molecule has 2 aliphatic rings. The van der Waals surface area contributed by atoms with Crippen LogP contribution in [0.5, 0.6) is 0 Å². The molecule has 9 heteroatoms. The van der Waals surface area contributed by atoms with Crippen molar-refractivity contribution in [3.8, 4) is 0 Å². The van der Waals surface area contributed by atoms with Crippen LogP contribution >= 0.6 is 11.6 Å². The lowest BCUT2D eigenvalue weighted by Crippen LogP contribution is -2.63. The number of carbonyl (C=O) groups is 3. The van der Waals surface area contributed by atoms with Crippen molar-refractivity contribution >= 4 is 29.3 Å². The van der Waals surface area contributed by atoms with E-state index in [9.17, 15) is 18.8 Å². The molecule has 2 N–H and O–H groups in total. The maximum absolute atomic E-state index is 14.2. The molecule has 0 bridgehead atoms. The number of benzene rings is 3. The number of piperazine rings is 1. The summed E-state index contributed by atoms with van der Waals surface area (Å²) in [6.45, 7) is 3.03. The molecule has 1 saturated carbocycles. The third-order valence-electron chi connectivity index (χ3n) is 9.16. The zero-order chi connectivity index (χ0) is 31.6. The van der Waals surface area contributed by atoms with E-state index in [0.29, 0.717) is 50.6 Å². The Bertz CT molecular complexity index is 1440. The van der Waals surface area contributed by atoms with Gasteiger partial charge in [0.1, 0.15) is 11.9 Å². The molecule has 3 aromatic carbocycles. The van der Waals surface area contributed by atoms with Gasteiger partial charge in [-0.1, -0.05) is 91.5 Å². The van der Waals surface area contributed by atoms with E-state index in [0.717, 1.165) is 36.8 Å². The van der Waals surface area contributed by atoms with E-state index < -0.39 is 17.8 Å². The molecule has 45 heavy (non-hydrogen) atoms. The van der Waals surface area contributed by atoms with Gasteiger partial charge in [-0.3, -0.25) is 19.3 Å². The van der Waals surface area contributed by atoms with E-state index >= 15 is 0 Å². The van der Waals surface area contributed by atoms with Crippen molar-refractivity contribution in [2.24, 2.45) is 0 Å². The largest absolute Gasteiger partial charge is 0.354 e. The fraction of sp³-hybridized carbons (Fsp3) is 0.417. The summed E-state index contributed by atoms with van der Waals surface area (Å²) < 4.78 is 14.2. The number of rotatable bonds is 11. The summed E-state index contributed by atoms with van der Waals surface area (Å²) in [7, 11) is 0. The van der Waals surface area contributed by atoms with Gasteiger partial charge in [-0.25, -0.2) is 4.39 Å². The van der Waals surface area contributed by atoms with Gasteiger partial charge < -0.3 is 15.5 Å². The molecule has 2 fully saturated rings. The standard InChI is InChI=1S/C36H42ClFN4O3/c37-30-15-13-28(14-16-30)23-32(40-34(44)25-29-11-5-6-12-31(29)38)35(45)41-19-21-42(22-20-41)36(17-7-2-8-18-36)26-39-33(43)24-27-9-3-1-4-10-27/h1,3-6,9-16,32H,2,7-8,17-26H2,(H,39,43)(H,40,44)/t32-/m1/s1. The quantitative estimate of drug-likeness (QED) is 0.313. The molecule has 5 rings (SSSR count). The second kappa shape index (κ2) is 15.5. The first-order valence-corrected chi connectivity index (χ1v) is 16.3. The molecule has 1 aliphatic carbocycles. The highest BCUT2D eigenvalue weighted by atomic mass is 35.5. The molecule has 7 nitrogen and oxygen atoms in total. The van der Waals surface area contributed by atoms with Gasteiger partial charge in [-0.2, -0.15) is 0 Å². The van der Waals surface area contributed by atoms with Crippen molar-refractivity contribution in [2.75, 3.05) is 32.7 Å². The van der Waals surface area contributed by atoms with E-state index in [1.54, 1.807) is 30.3 Å². The number of amides is 3. The van der Waals surface area contributed by atoms with Crippen LogP contribution in [0, 0.1) is 5.82 Å². The SMILES string of the molecule is O=C(Cc1ccccc1)NCC1(N2CCN(C(=O)[C@@H](Cc3ccc(Cl)cc3)NC(=O)Cc3ccccc3F)CC2)CCCCC1. The van der Waals surface area contributed by atoms with Crippen LogP contribution in [0.15, 0.2) is 78.9 Å². The summed E-state index contributed by atoms with van der Waals surface area (Å²) >= 11 is 6.08. The fourth-order valence-electron chi connectivity index (χ4n) is 6.66. The van der Waals surface area contributed by atoms with E-state index in [1.807, 2.05) is 47.4 Å². The van der Waals surface area contributed by atoms with Gasteiger partial charge in [0.05, 0.1) is 12.8 Å². The zero-order valence-electron chi connectivity index (χ0n) is 25.7. The summed E-state index contributed by atoms with van der Waals surface area (Å²) in [4.78, 5) is 44.1. The highest BCUT2D eigenvalue weighted by Crippen LogP contribution is 2.34. The maximum Gasteiger partial charge on any atom is 0.245 e. The first-order chi connectivity index (χ1) is 21.8. The molecule has 1 heterocycles. The van der Waals surface area contributed by atoms with E-state index in [4.69, 9.17) is 11.6 Å². The molecule has 0 unspecified atom stereocenters. The Balaban J connectivity index is 1.22. The summed E-state index contributed by atoms with van der Waals surface area (Å²) in [5, 5.41) is 6.71. The van der Waals surface area contributed by atoms with Crippen LogP contribution in [0.4, 0.5) is 4.39 Å². The predicted molar refractivity (Wildman–Crippen MR) is 174 cm³/mol. The smallest absolute Gasteiger partial charge is 0.245 e. The van der Waals surface area contributed by atoms with Gasteiger partial charge in [0.15, 0.2) is 0 Å². The predicted octanol–water partition coefficient (Wildman–Crippen LogP) is 4.96. The molecule has 0 spiro atoms. The fourth-order valence-corrected chi connectivity index (χ4v) is 6.79. The van der Waals surface area contributed by atoms with Crippen LogP contribution in [0.1, 0.15) is 48.8 Å². The Morgan fingerprint density at radius 3 is 2.13 bits per heavy atom. The highest BCUT2D eigenvalue weighted by molar-refractivity contribution is 6.30. The van der Waals surface area contributed by atoms with Crippen molar-refractivity contribution in [2.45, 2.75) is 62.9 Å². The average Bonchev–Trinajstić information content (AvgIpc) is 3.06. The van der Waals surface area contributed by atoms with E-state index in [1.165, 1.54) is 12.5 Å². The summed E-state index contributed by atoms with van der Waals surface area (Å²) in [5.74, 6) is -0.979. The Labute approximate surface area is 270 Å². The maximum atomic E-state index is 14.2. The molecule has 3 amide bonds. The van der Waals surface area contributed by atoms with Crippen molar-refractivity contribution in [1.82, 2.24) is 20.4 Å². The van der Waals surface area contributed by atoms with Crippen LogP contribution in [-0.4, -0.2) is 71.8 Å². The lowest BCUT2D eigenvalue weighted by Gasteiger charge is -2.50. The molecule has 0 aromatic heterocycles. The molecule has 0 radical (unpaired) electrons. The van der Waals surface area contributed by atoms with E-state index in [-0.39, 0.29) is 29.3 Å². The molecule has 3 aromatic rings. The molecule has 1 aliphatic heterocycles. The first kappa shape index (κ1) is 32.6. The first-order valence-electron chi connectivity index (χ1n) is 15.9. The van der Waals surface area contributed by atoms with Crippen molar-refractivity contribution in [1.29, 1.82) is 0 Å². The topological polar surface area (TPSA) is 81.8 Å². The number of nitrogens with one attached hydrogen (secondary N) is 2. The summed E-state index contributed by atoms with van der Waals surface area (Å²) in [6.07, 6.45) is 5.96. The van der Waals surface area contributed by atoms with Crippen LogP contribution in [0.25, 0.3) is 0 Å². The minimum absolute atomic E-state index is 0.0242. The second-order valence-electron chi connectivity index (χ2n) is 12.3. The Kier molecular flexibility index (Phi) is 11.2. The number of hydrogen-bond acceptors (Lipinski definition) is 4. The van der Waals surface area contributed by atoms with Crippen molar-refractivity contribution < 1.29 is 18.8 Å². The molecular weight excluding hydrogens is 591 g/mol. The van der Waals surface area contributed by atoms with Crippen LogP contribution < -0.4 is 10.6 Å². The Morgan fingerprint density at radius 1 is 0.778 bits per heavy atom. The zero-order valence-corrected chi connectivity index (χ0v) is 26.4. The van der Waals surface area contributed by atoms with Crippen LogP contribution in [-0.2, 0) is 33.6 Å². The molecule has 1 saturated heterocycles. The number of halogens is 2.